The van der Waals surface area contributed by atoms with Gasteiger partial charge in [-0.2, -0.15) is 0 Å². The third-order valence-electron chi connectivity index (χ3n) is 13.3. The van der Waals surface area contributed by atoms with Gasteiger partial charge in [0.2, 0.25) is 0 Å². The number of benzene rings is 7. The van der Waals surface area contributed by atoms with Gasteiger partial charge in [0.15, 0.2) is 0 Å². The monoisotopic (exact) mass is 1010 g/mol. The molecule has 0 radical (unpaired) electrons. The Kier molecular flexibility index (Phi) is 9.24. The van der Waals surface area contributed by atoms with Crippen LogP contribution in [0.25, 0.3) is 72.3 Å². The number of imidazole rings is 1. The maximum absolute atomic E-state index is 6.85. The molecular formula is C57H47N5OPt. The van der Waals surface area contributed by atoms with Crippen LogP contribution in [0.4, 0.5) is 5.69 Å². The molecule has 0 saturated carbocycles. The van der Waals surface area contributed by atoms with Crippen molar-refractivity contribution < 1.29 is 24.1 Å². The van der Waals surface area contributed by atoms with Gasteiger partial charge in [0.25, 0.3) is 0 Å². The fourth-order valence-corrected chi connectivity index (χ4v) is 11.5. The Hall–Kier alpha value is -6.75. The van der Waals surface area contributed by atoms with Gasteiger partial charge in [-0.1, -0.05) is 32.9 Å². The normalized spacial score (nSPS) is 13.6. The van der Waals surface area contributed by atoms with Crippen molar-refractivity contribution in [1.82, 2.24) is 18.7 Å². The van der Waals surface area contributed by atoms with E-state index in [1.807, 2.05) is 6.20 Å². The van der Waals surface area contributed by atoms with E-state index in [2.05, 4.69) is 223 Å². The van der Waals surface area contributed by atoms with Crippen LogP contribution < -0.4 is 9.64 Å². The first-order valence-electron chi connectivity index (χ1n) is 22.4. The number of nitrogens with zero attached hydrogens (tertiary/aromatic N) is 5. The van der Waals surface area contributed by atoms with Crippen molar-refractivity contribution in [1.29, 1.82) is 0 Å². The van der Waals surface area contributed by atoms with Crippen molar-refractivity contribution in [2.45, 2.75) is 45.4 Å². The van der Waals surface area contributed by atoms with Crippen LogP contribution in [0, 0.1) is 3.80 Å². The Morgan fingerprint density at radius 1 is 0.531 bits per heavy atom. The summed E-state index contributed by atoms with van der Waals surface area (Å²) in [5.41, 5.74) is 17.6. The fourth-order valence-electron chi connectivity index (χ4n) is 10.4. The van der Waals surface area contributed by atoms with E-state index in [-0.39, 0.29) is 5.41 Å². The molecule has 6 nitrogen and oxygen atoms in total. The second-order valence-electron chi connectivity index (χ2n) is 18.2. The van der Waals surface area contributed by atoms with Crippen molar-refractivity contribution >= 4 is 38.5 Å². The van der Waals surface area contributed by atoms with Crippen LogP contribution in [0.15, 0.2) is 170 Å². The second-order valence-corrected chi connectivity index (χ2v) is 19.2. The molecule has 2 aliphatic rings. The maximum atomic E-state index is 6.85. The summed E-state index contributed by atoms with van der Waals surface area (Å²) in [6, 6.07) is 58.9. The fraction of sp³-hybridized carbons (Fsp3) is 0.158. The van der Waals surface area contributed by atoms with Gasteiger partial charge >= 0.3 is 330 Å². The summed E-state index contributed by atoms with van der Waals surface area (Å²) in [5.74, 6) is 2.44. The van der Waals surface area contributed by atoms with Crippen molar-refractivity contribution in [2.75, 3.05) is 18.0 Å². The van der Waals surface area contributed by atoms with E-state index < -0.39 is 0 Å². The van der Waals surface area contributed by atoms with E-state index in [1.54, 1.807) is 0 Å². The number of para-hydroxylation sites is 3. The zero-order chi connectivity index (χ0) is 43.1. The van der Waals surface area contributed by atoms with Crippen LogP contribution in [0.3, 0.4) is 0 Å². The van der Waals surface area contributed by atoms with E-state index >= 15 is 0 Å². The second kappa shape index (κ2) is 15.2. The molecule has 0 amide bonds. The van der Waals surface area contributed by atoms with E-state index in [0.717, 1.165) is 86.6 Å². The minimum atomic E-state index is -0.00867. The zero-order valence-corrected chi connectivity index (χ0v) is 38.4. The van der Waals surface area contributed by atoms with Gasteiger partial charge in [-0.05, 0) is 17.0 Å². The first-order valence-corrected chi connectivity index (χ1v) is 23.5. The summed E-state index contributed by atoms with van der Waals surface area (Å²) in [7, 11) is 0. The molecule has 2 aliphatic heterocycles. The molecule has 0 unspecified atom stereocenters. The minimum absolute atomic E-state index is 0.00867. The number of ether oxygens (including phenoxy) is 1. The van der Waals surface area contributed by atoms with E-state index in [4.69, 9.17) is 9.72 Å². The van der Waals surface area contributed by atoms with Gasteiger partial charge in [-0.3, -0.25) is 0 Å². The van der Waals surface area contributed by atoms with Gasteiger partial charge < -0.3 is 0 Å². The molecule has 0 bridgehead atoms. The molecule has 0 aliphatic carbocycles. The van der Waals surface area contributed by atoms with Crippen molar-refractivity contribution in [3.63, 3.8) is 0 Å². The van der Waals surface area contributed by atoms with E-state index in [0.29, 0.717) is 0 Å². The number of hydrogen-bond acceptors (Lipinski definition) is 3. The molecule has 0 saturated heterocycles. The quantitative estimate of drug-likeness (QED) is 0.160. The molecule has 0 spiro atoms. The van der Waals surface area contributed by atoms with E-state index in [9.17, 15) is 0 Å². The van der Waals surface area contributed by atoms with Gasteiger partial charge in [-0.15, -0.1) is 0 Å². The topological polar surface area (TPSA) is 40.1 Å². The molecule has 64 heavy (non-hydrogen) atoms. The molecule has 12 rings (SSSR count). The molecule has 3 aromatic heterocycles. The Bertz CT molecular complexity index is 3520. The molecule has 0 N–H and O–H groups in total. The van der Waals surface area contributed by atoms with Crippen LogP contribution in [0.1, 0.15) is 43.9 Å². The van der Waals surface area contributed by atoms with Crippen molar-refractivity contribution in [3.05, 3.63) is 190 Å². The zero-order valence-electron chi connectivity index (χ0n) is 36.2. The van der Waals surface area contributed by atoms with Crippen LogP contribution in [-0.2, 0) is 37.6 Å². The first kappa shape index (κ1) is 38.9. The molecular weight excluding hydrogens is 966 g/mol. The summed E-state index contributed by atoms with van der Waals surface area (Å²) in [6.07, 6.45) is 5.18. The third-order valence-corrected chi connectivity index (χ3v) is 14.3. The summed E-state index contributed by atoms with van der Waals surface area (Å²) in [5, 5.41) is 2.35. The predicted molar refractivity (Wildman–Crippen MR) is 258 cm³/mol. The predicted octanol–water partition coefficient (Wildman–Crippen LogP) is 13.7. The van der Waals surface area contributed by atoms with Crippen LogP contribution in [0.2, 0.25) is 0 Å². The molecule has 7 heteroatoms. The van der Waals surface area contributed by atoms with Crippen molar-refractivity contribution in [2.24, 2.45) is 0 Å². The Balaban J connectivity index is 1.03. The van der Waals surface area contributed by atoms with Gasteiger partial charge in [0, 0.05) is 6.20 Å². The molecule has 7 aromatic carbocycles. The van der Waals surface area contributed by atoms with E-state index in [1.165, 1.54) is 55.7 Å². The summed E-state index contributed by atoms with van der Waals surface area (Å²) < 4.78 is 15.2. The Morgan fingerprint density at radius 3 is 1.91 bits per heavy atom. The average Bonchev–Trinajstić information content (AvgIpc) is 3.99. The van der Waals surface area contributed by atoms with Gasteiger partial charge in [0.1, 0.15) is 0 Å². The van der Waals surface area contributed by atoms with Crippen molar-refractivity contribution in [3.8, 4) is 50.9 Å². The van der Waals surface area contributed by atoms with Crippen LogP contribution in [0.5, 0.6) is 11.5 Å². The standard InChI is InChI=1S/C57H47N5O.Pt/c1-57(2,3)40-29-31-58-52(34-40)62-48-24-11-10-22-44(48)45-28-27-43(36-51(45)62)63-42-21-14-20-41(35-42)60-37-61(50-26-13-12-25-49(50)60)56-53(38-16-6-4-7-17-38)46-23-15-32-59-33-30-47(55(46)59)54(56)39-18-8-5-9-19-39;/h4-14,16-22,24-29,31,34-36H,15,23,30,32-33H2,1-3H3;. The number of pyridine rings is 1. The molecule has 10 aromatic rings. The Morgan fingerprint density at radius 2 is 1.17 bits per heavy atom. The third kappa shape index (κ3) is 6.25. The number of rotatable bonds is 7. The number of fused-ring (bicyclic) bond motifs is 4. The Labute approximate surface area is 384 Å². The summed E-state index contributed by atoms with van der Waals surface area (Å²) in [4.78, 5) is 7.56. The first-order chi connectivity index (χ1) is 31.3. The van der Waals surface area contributed by atoms with Gasteiger partial charge in [-0.25, -0.2) is 0 Å². The summed E-state index contributed by atoms with van der Waals surface area (Å²) in [6.45, 7) is 8.91. The number of aromatic nitrogens is 4. The summed E-state index contributed by atoms with van der Waals surface area (Å²) >= 11 is 2.57. The molecule has 0 fully saturated rings. The SMILES string of the molecule is CC(C)(C)c1ccnc(-n2c3ccccc3c3ccc(Oc4cccc(-n5[c](=[Pt])n(-c6c(-c7ccccc7)c7c8c(c6-c6ccccc6)CCN8CCC7)c6ccccc65)c4)cc32)c1. The van der Waals surface area contributed by atoms with Crippen LogP contribution >= 0.6 is 0 Å². The number of anilines is 1. The average molecular weight is 1010 g/mol. The molecule has 0 atom stereocenters. The van der Waals surface area contributed by atoms with Gasteiger partial charge in [0.05, 0.1) is 0 Å². The molecule has 5 heterocycles. The molecule has 316 valence electrons. The number of hydrogen-bond donors (Lipinski definition) is 0. The van der Waals surface area contributed by atoms with Crippen LogP contribution in [-0.4, -0.2) is 31.8 Å².